The largest absolute Gasteiger partial charge is 0.394 e. The van der Waals surface area contributed by atoms with Gasteiger partial charge in [0, 0.05) is 26.1 Å². The maximum Gasteiger partial charge on any atom is 0.230 e. The zero-order valence-corrected chi connectivity index (χ0v) is 11.9. The van der Waals surface area contributed by atoms with Crippen molar-refractivity contribution in [3.05, 3.63) is 0 Å². The van der Waals surface area contributed by atoms with Crippen LogP contribution in [-0.2, 0) is 14.3 Å². The van der Waals surface area contributed by atoms with Gasteiger partial charge in [0.15, 0.2) is 0 Å². The standard InChI is InChI=1S/C15H23NO4/c17-11-15(5-7-20-8-6-15)16-12(18)9-14(10-13(16)19)3-1-2-4-14/h17H,1-11H2. The van der Waals surface area contributed by atoms with E-state index in [1.165, 1.54) is 4.90 Å². The molecular weight excluding hydrogens is 258 g/mol. The molecule has 3 rings (SSSR count). The fraction of sp³-hybridized carbons (Fsp3) is 0.867. The minimum absolute atomic E-state index is 0.0769. The van der Waals surface area contributed by atoms with Crippen LogP contribution in [0, 0.1) is 5.41 Å². The monoisotopic (exact) mass is 281 g/mol. The van der Waals surface area contributed by atoms with Crippen LogP contribution in [0.5, 0.6) is 0 Å². The van der Waals surface area contributed by atoms with Crippen molar-refractivity contribution in [2.45, 2.75) is 56.9 Å². The summed E-state index contributed by atoms with van der Waals surface area (Å²) in [5, 5.41) is 9.78. The van der Waals surface area contributed by atoms with E-state index in [2.05, 4.69) is 0 Å². The molecule has 3 aliphatic rings. The van der Waals surface area contributed by atoms with Crippen LogP contribution < -0.4 is 0 Å². The molecule has 1 saturated carbocycles. The predicted octanol–water partition coefficient (Wildman–Crippen LogP) is 1.24. The molecule has 5 nitrogen and oxygen atoms in total. The van der Waals surface area contributed by atoms with Gasteiger partial charge in [-0.25, -0.2) is 0 Å². The lowest BCUT2D eigenvalue weighted by Crippen LogP contribution is -2.62. The number of hydrogen-bond acceptors (Lipinski definition) is 4. The Balaban J connectivity index is 1.83. The normalized spacial score (nSPS) is 29.1. The average molecular weight is 281 g/mol. The summed E-state index contributed by atoms with van der Waals surface area (Å²) in [5.74, 6) is -0.168. The van der Waals surface area contributed by atoms with E-state index in [9.17, 15) is 14.7 Å². The molecule has 0 aromatic rings. The van der Waals surface area contributed by atoms with Gasteiger partial charge in [0.25, 0.3) is 0 Å². The van der Waals surface area contributed by atoms with E-state index < -0.39 is 5.54 Å². The predicted molar refractivity (Wildman–Crippen MR) is 71.9 cm³/mol. The van der Waals surface area contributed by atoms with Crippen LogP contribution in [0.3, 0.4) is 0 Å². The maximum absolute atomic E-state index is 12.6. The number of imide groups is 1. The van der Waals surface area contributed by atoms with Gasteiger partial charge in [-0.05, 0) is 31.1 Å². The van der Waals surface area contributed by atoms with Gasteiger partial charge in [-0.1, -0.05) is 12.8 Å². The first-order valence-electron chi connectivity index (χ1n) is 7.65. The second-order valence-corrected chi connectivity index (χ2v) is 6.68. The highest BCUT2D eigenvalue weighted by atomic mass is 16.5. The summed E-state index contributed by atoms with van der Waals surface area (Å²) in [7, 11) is 0. The van der Waals surface area contributed by atoms with Gasteiger partial charge in [-0.2, -0.15) is 0 Å². The van der Waals surface area contributed by atoms with Crippen LogP contribution >= 0.6 is 0 Å². The molecule has 0 aromatic carbocycles. The van der Waals surface area contributed by atoms with Crippen molar-refractivity contribution in [3.8, 4) is 0 Å². The molecule has 1 spiro atoms. The van der Waals surface area contributed by atoms with Crippen molar-refractivity contribution < 1.29 is 19.4 Å². The first-order valence-corrected chi connectivity index (χ1v) is 7.65. The average Bonchev–Trinajstić information content (AvgIpc) is 2.86. The van der Waals surface area contributed by atoms with E-state index in [4.69, 9.17) is 4.74 Å². The lowest BCUT2D eigenvalue weighted by molar-refractivity contribution is -0.168. The second-order valence-electron chi connectivity index (χ2n) is 6.68. The lowest BCUT2D eigenvalue weighted by atomic mass is 9.74. The molecule has 0 unspecified atom stereocenters. The Morgan fingerprint density at radius 3 is 2.05 bits per heavy atom. The third-order valence-electron chi connectivity index (χ3n) is 5.41. The van der Waals surface area contributed by atoms with Crippen LogP contribution in [0.25, 0.3) is 0 Å². The Labute approximate surface area is 119 Å². The molecule has 3 fully saturated rings. The van der Waals surface area contributed by atoms with Crippen LogP contribution in [0.2, 0.25) is 0 Å². The Bertz CT molecular complexity index is 388. The molecule has 0 atom stereocenters. The summed E-state index contributed by atoms with van der Waals surface area (Å²) in [5.41, 5.74) is -0.793. The quantitative estimate of drug-likeness (QED) is 0.773. The molecular formula is C15H23NO4. The van der Waals surface area contributed by atoms with Crippen molar-refractivity contribution in [2.24, 2.45) is 5.41 Å². The first-order chi connectivity index (χ1) is 9.61. The van der Waals surface area contributed by atoms with Crippen molar-refractivity contribution in [3.63, 3.8) is 0 Å². The Hall–Kier alpha value is -0.940. The number of likely N-dealkylation sites (tertiary alicyclic amines) is 1. The first kappa shape index (κ1) is 14.0. The number of rotatable bonds is 2. The van der Waals surface area contributed by atoms with E-state index in [-0.39, 0.29) is 23.8 Å². The highest BCUT2D eigenvalue weighted by Gasteiger charge is 2.52. The third kappa shape index (κ3) is 2.17. The van der Waals surface area contributed by atoms with Gasteiger partial charge in [0.05, 0.1) is 12.1 Å². The number of hydrogen-bond donors (Lipinski definition) is 1. The van der Waals surface area contributed by atoms with Crippen molar-refractivity contribution in [1.82, 2.24) is 4.90 Å². The maximum atomic E-state index is 12.6. The molecule has 2 heterocycles. The fourth-order valence-corrected chi connectivity index (χ4v) is 4.21. The van der Waals surface area contributed by atoms with E-state index in [0.29, 0.717) is 38.9 Å². The summed E-state index contributed by atoms with van der Waals surface area (Å²) in [6, 6.07) is 0. The number of piperidine rings is 1. The van der Waals surface area contributed by atoms with Crippen molar-refractivity contribution >= 4 is 11.8 Å². The highest BCUT2D eigenvalue weighted by molar-refractivity contribution is 5.99. The van der Waals surface area contributed by atoms with Gasteiger partial charge in [0.2, 0.25) is 11.8 Å². The molecule has 1 N–H and O–H groups in total. The number of carbonyl (C=O) groups excluding carboxylic acids is 2. The number of carbonyl (C=O) groups is 2. The van der Waals surface area contributed by atoms with Crippen molar-refractivity contribution in [2.75, 3.05) is 19.8 Å². The summed E-state index contributed by atoms with van der Waals surface area (Å²) in [4.78, 5) is 26.6. The lowest BCUT2D eigenvalue weighted by Gasteiger charge is -2.48. The molecule has 0 radical (unpaired) electrons. The molecule has 112 valence electrons. The minimum atomic E-state index is -0.716. The minimum Gasteiger partial charge on any atom is -0.394 e. The second kappa shape index (κ2) is 5.11. The van der Waals surface area contributed by atoms with Crippen LogP contribution in [0.1, 0.15) is 51.4 Å². The molecule has 5 heteroatoms. The number of aliphatic hydroxyl groups is 1. The van der Waals surface area contributed by atoms with Crippen LogP contribution in [0.4, 0.5) is 0 Å². The molecule has 1 aliphatic carbocycles. The summed E-state index contributed by atoms with van der Waals surface area (Å²) in [6.07, 6.45) is 6.28. The molecule has 0 aromatic heterocycles. The van der Waals surface area contributed by atoms with E-state index >= 15 is 0 Å². The zero-order chi connectivity index (χ0) is 14.2. The molecule has 20 heavy (non-hydrogen) atoms. The van der Waals surface area contributed by atoms with Gasteiger partial charge in [-0.15, -0.1) is 0 Å². The van der Waals surface area contributed by atoms with E-state index in [0.717, 1.165) is 25.7 Å². The van der Waals surface area contributed by atoms with Crippen LogP contribution in [-0.4, -0.2) is 47.2 Å². The molecule has 0 bridgehead atoms. The number of ether oxygens (including phenoxy) is 1. The molecule has 2 amide bonds. The van der Waals surface area contributed by atoms with Gasteiger partial charge >= 0.3 is 0 Å². The van der Waals surface area contributed by atoms with Crippen LogP contribution in [0.15, 0.2) is 0 Å². The van der Waals surface area contributed by atoms with Crippen molar-refractivity contribution in [1.29, 1.82) is 0 Å². The summed E-state index contributed by atoms with van der Waals surface area (Å²) in [6.45, 7) is 0.854. The number of aliphatic hydroxyl groups excluding tert-OH is 1. The third-order valence-corrected chi connectivity index (χ3v) is 5.41. The van der Waals surface area contributed by atoms with Gasteiger partial charge in [-0.3, -0.25) is 14.5 Å². The molecule has 2 aliphatic heterocycles. The SMILES string of the molecule is O=C1CC2(CCCC2)CC(=O)N1C1(CO)CCOCC1. The fourth-order valence-electron chi connectivity index (χ4n) is 4.21. The Morgan fingerprint density at radius 1 is 1.00 bits per heavy atom. The Morgan fingerprint density at radius 2 is 1.55 bits per heavy atom. The van der Waals surface area contributed by atoms with Gasteiger partial charge < -0.3 is 9.84 Å². The number of amides is 2. The topological polar surface area (TPSA) is 66.8 Å². The van der Waals surface area contributed by atoms with E-state index in [1.54, 1.807) is 0 Å². The Kier molecular flexibility index (Phi) is 3.58. The van der Waals surface area contributed by atoms with E-state index in [1.807, 2.05) is 0 Å². The smallest absolute Gasteiger partial charge is 0.230 e. The zero-order valence-electron chi connectivity index (χ0n) is 11.9. The highest BCUT2D eigenvalue weighted by Crippen LogP contribution is 2.48. The summed E-state index contributed by atoms with van der Waals surface area (Å²) >= 11 is 0. The van der Waals surface area contributed by atoms with Gasteiger partial charge in [0.1, 0.15) is 0 Å². The number of nitrogens with zero attached hydrogens (tertiary/aromatic N) is 1. The summed E-state index contributed by atoms with van der Waals surface area (Å²) < 4.78 is 5.32. The molecule has 2 saturated heterocycles.